The third-order valence-corrected chi connectivity index (χ3v) is 2.77. The molecule has 6 heteroatoms. The van der Waals surface area contributed by atoms with E-state index in [1.165, 1.54) is 0 Å². The van der Waals surface area contributed by atoms with E-state index in [0.717, 1.165) is 17.7 Å². The van der Waals surface area contributed by atoms with Crippen molar-refractivity contribution in [1.29, 1.82) is 0 Å². The van der Waals surface area contributed by atoms with E-state index in [0.29, 0.717) is 19.6 Å². The van der Waals surface area contributed by atoms with Crippen molar-refractivity contribution in [3.63, 3.8) is 0 Å². The number of nitrogens with two attached hydrogens (primary N) is 1. The Morgan fingerprint density at radius 3 is 2.94 bits per heavy atom. The Bertz CT molecular complexity index is 389. The van der Waals surface area contributed by atoms with E-state index in [2.05, 4.69) is 10.4 Å². The number of hydrogen-bond donors (Lipinski definition) is 2. The van der Waals surface area contributed by atoms with Gasteiger partial charge in [0.15, 0.2) is 0 Å². The van der Waals surface area contributed by atoms with Gasteiger partial charge in [-0.1, -0.05) is 0 Å². The van der Waals surface area contributed by atoms with Crippen LogP contribution in [0.1, 0.15) is 24.1 Å². The van der Waals surface area contributed by atoms with E-state index in [1.54, 1.807) is 11.8 Å². The molecule has 0 aromatic carbocycles. The molecule has 0 aliphatic heterocycles. The van der Waals surface area contributed by atoms with Crippen LogP contribution in [0.2, 0.25) is 0 Å². The van der Waals surface area contributed by atoms with Crippen molar-refractivity contribution < 1.29 is 9.53 Å². The highest BCUT2D eigenvalue weighted by molar-refractivity contribution is 5.81. The monoisotopic (exact) mass is 254 g/mol. The lowest BCUT2D eigenvalue weighted by Gasteiger charge is -2.11. The van der Waals surface area contributed by atoms with Crippen molar-refractivity contribution in [2.45, 2.75) is 32.4 Å². The summed E-state index contributed by atoms with van der Waals surface area (Å²) >= 11 is 0. The molecular weight excluding hydrogens is 232 g/mol. The molecule has 1 rings (SSSR count). The molecule has 1 aromatic rings. The zero-order valence-corrected chi connectivity index (χ0v) is 11.3. The molecule has 1 heterocycles. The molecule has 0 radical (unpaired) electrons. The average molecular weight is 254 g/mol. The second kappa shape index (κ2) is 7.13. The van der Waals surface area contributed by atoms with Crippen LogP contribution in [0.25, 0.3) is 0 Å². The van der Waals surface area contributed by atoms with E-state index < -0.39 is 6.04 Å². The van der Waals surface area contributed by atoms with Crippen molar-refractivity contribution >= 4 is 5.91 Å². The third kappa shape index (κ3) is 4.46. The molecule has 0 saturated heterocycles. The van der Waals surface area contributed by atoms with E-state index in [9.17, 15) is 4.79 Å². The van der Waals surface area contributed by atoms with Crippen LogP contribution in [-0.4, -0.2) is 35.4 Å². The molecule has 1 amide bonds. The summed E-state index contributed by atoms with van der Waals surface area (Å²) in [5.41, 5.74) is 7.71. The van der Waals surface area contributed by atoms with E-state index in [4.69, 9.17) is 10.5 Å². The molecular formula is C12H22N4O2. The van der Waals surface area contributed by atoms with Crippen LogP contribution >= 0.6 is 0 Å². The van der Waals surface area contributed by atoms with Crippen molar-refractivity contribution in [2.24, 2.45) is 12.8 Å². The Labute approximate surface area is 107 Å². The van der Waals surface area contributed by atoms with Gasteiger partial charge in [0.25, 0.3) is 0 Å². The first kappa shape index (κ1) is 14.7. The molecule has 3 N–H and O–H groups in total. The average Bonchev–Trinajstić information content (AvgIpc) is 2.65. The summed E-state index contributed by atoms with van der Waals surface area (Å²) in [4.78, 5) is 11.7. The number of hydrogen-bond acceptors (Lipinski definition) is 4. The van der Waals surface area contributed by atoms with Crippen LogP contribution in [0.4, 0.5) is 0 Å². The smallest absolute Gasteiger partial charge is 0.237 e. The molecule has 18 heavy (non-hydrogen) atoms. The van der Waals surface area contributed by atoms with Gasteiger partial charge >= 0.3 is 0 Å². The maximum atomic E-state index is 11.7. The van der Waals surface area contributed by atoms with Crippen LogP contribution < -0.4 is 11.1 Å². The summed E-state index contributed by atoms with van der Waals surface area (Å²) < 4.78 is 6.65. The van der Waals surface area contributed by atoms with Gasteiger partial charge in [-0.15, -0.1) is 0 Å². The van der Waals surface area contributed by atoms with E-state index in [-0.39, 0.29) is 5.91 Å². The number of ether oxygens (including phenoxy) is 1. The largest absolute Gasteiger partial charge is 0.385 e. The third-order valence-electron chi connectivity index (χ3n) is 2.77. The highest BCUT2D eigenvalue weighted by Crippen LogP contribution is 2.04. The highest BCUT2D eigenvalue weighted by atomic mass is 16.5. The summed E-state index contributed by atoms with van der Waals surface area (Å²) in [6.45, 7) is 3.01. The summed E-state index contributed by atoms with van der Waals surface area (Å²) in [5, 5.41) is 7.03. The standard InChI is InChI=1S/C12H22N4O2/c1-9-10(8-16(2)15-9)7-14-12(17)11(13)5-4-6-18-3/h8,11H,4-7,13H2,1-3H3,(H,14,17). The van der Waals surface area contributed by atoms with Gasteiger partial charge in [0.1, 0.15) is 0 Å². The molecule has 1 unspecified atom stereocenters. The maximum Gasteiger partial charge on any atom is 0.237 e. The van der Waals surface area contributed by atoms with Crippen LogP contribution in [0.15, 0.2) is 6.20 Å². The molecule has 0 aliphatic rings. The van der Waals surface area contributed by atoms with Gasteiger partial charge in [0.05, 0.1) is 11.7 Å². The Morgan fingerprint density at radius 2 is 2.39 bits per heavy atom. The summed E-state index contributed by atoms with van der Waals surface area (Å²) in [6.07, 6.45) is 3.31. The minimum atomic E-state index is -0.475. The molecule has 6 nitrogen and oxygen atoms in total. The molecule has 1 aromatic heterocycles. The van der Waals surface area contributed by atoms with Crippen molar-refractivity contribution in [3.8, 4) is 0 Å². The predicted octanol–water partition coefficient (Wildman–Crippen LogP) is 0.0986. The molecule has 1 atom stereocenters. The quantitative estimate of drug-likeness (QED) is 0.676. The second-order valence-corrected chi connectivity index (χ2v) is 4.37. The zero-order chi connectivity index (χ0) is 13.5. The van der Waals surface area contributed by atoms with Crippen LogP contribution in [0.3, 0.4) is 0 Å². The van der Waals surface area contributed by atoms with Gasteiger partial charge in [-0.05, 0) is 19.8 Å². The molecule has 0 spiro atoms. The number of aryl methyl sites for hydroxylation is 2. The number of nitrogens with one attached hydrogen (secondary N) is 1. The topological polar surface area (TPSA) is 82.2 Å². The normalized spacial score (nSPS) is 12.4. The zero-order valence-electron chi connectivity index (χ0n) is 11.3. The SMILES string of the molecule is COCCCC(N)C(=O)NCc1cn(C)nc1C. The summed E-state index contributed by atoms with van der Waals surface area (Å²) in [5.74, 6) is -0.130. The Kier molecular flexibility index (Phi) is 5.80. The first-order valence-electron chi connectivity index (χ1n) is 6.06. The van der Waals surface area contributed by atoms with Gasteiger partial charge in [0.2, 0.25) is 5.91 Å². The minimum Gasteiger partial charge on any atom is -0.385 e. The number of carbonyl (C=O) groups excluding carboxylic acids is 1. The lowest BCUT2D eigenvalue weighted by atomic mass is 10.1. The molecule has 0 saturated carbocycles. The van der Waals surface area contributed by atoms with Gasteiger partial charge < -0.3 is 15.8 Å². The number of amides is 1. The number of nitrogens with zero attached hydrogens (tertiary/aromatic N) is 2. The van der Waals surface area contributed by atoms with Gasteiger partial charge in [-0.2, -0.15) is 5.10 Å². The van der Waals surface area contributed by atoms with Crippen molar-refractivity contribution in [2.75, 3.05) is 13.7 Å². The van der Waals surface area contributed by atoms with Gasteiger partial charge in [-0.25, -0.2) is 0 Å². The lowest BCUT2D eigenvalue weighted by molar-refractivity contribution is -0.122. The van der Waals surface area contributed by atoms with Gasteiger partial charge in [0, 0.05) is 39.1 Å². The van der Waals surface area contributed by atoms with E-state index >= 15 is 0 Å². The Morgan fingerprint density at radius 1 is 1.67 bits per heavy atom. The number of methoxy groups -OCH3 is 1. The van der Waals surface area contributed by atoms with Gasteiger partial charge in [-0.3, -0.25) is 9.48 Å². The minimum absolute atomic E-state index is 0.130. The maximum absolute atomic E-state index is 11.7. The predicted molar refractivity (Wildman–Crippen MR) is 68.9 cm³/mol. The fourth-order valence-electron chi connectivity index (χ4n) is 1.71. The highest BCUT2D eigenvalue weighted by Gasteiger charge is 2.13. The lowest BCUT2D eigenvalue weighted by Crippen LogP contribution is -2.40. The first-order chi connectivity index (χ1) is 8.54. The Hall–Kier alpha value is -1.40. The Balaban J connectivity index is 2.34. The van der Waals surface area contributed by atoms with Crippen molar-refractivity contribution in [3.05, 3.63) is 17.5 Å². The van der Waals surface area contributed by atoms with Crippen LogP contribution in [0, 0.1) is 6.92 Å². The molecule has 0 bridgehead atoms. The van der Waals surface area contributed by atoms with Crippen LogP contribution in [-0.2, 0) is 23.1 Å². The first-order valence-corrected chi connectivity index (χ1v) is 6.06. The summed E-state index contributed by atoms with van der Waals surface area (Å²) in [6, 6.07) is -0.475. The summed E-state index contributed by atoms with van der Waals surface area (Å²) in [7, 11) is 3.49. The number of rotatable bonds is 7. The van der Waals surface area contributed by atoms with Crippen LogP contribution in [0.5, 0.6) is 0 Å². The fraction of sp³-hybridized carbons (Fsp3) is 0.667. The number of carbonyl (C=O) groups is 1. The van der Waals surface area contributed by atoms with Crippen molar-refractivity contribution in [1.82, 2.24) is 15.1 Å². The fourth-order valence-corrected chi connectivity index (χ4v) is 1.71. The second-order valence-electron chi connectivity index (χ2n) is 4.37. The molecule has 0 aliphatic carbocycles. The number of aromatic nitrogens is 2. The molecule has 0 fully saturated rings. The van der Waals surface area contributed by atoms with E-state index in [1.807, 2.05) is 20.2 Å². The molecule has 102 valence electrons.